The number of aliphatic hydroxyl groups is 1. The van der Waals surface area contributed by atoms with Gasteiger partial charge in [-0.1, -0.05) is 24.3 Å². The van der Waals surface area contributed by atoms with E-state index in [-0.39, 0.29) is 6.61 Å². The van der Waals surface area contributed by atoms with Gasteiger partial charge in [-0.15, -0.1) is 0 Å². The first-order valence-electron chi connectivity index (χ1n) is 4.32. The number of methoxy groups -OCH3 is 2. The first-order valence-corrected chi connectivity index (χ1v) is 4.32. The van der Waals surface area contributed by atoms with E-state index in [0.29, 0.717) is 11.5 Å². The molecule has 14 heavy (non-hydrogen) atoms. The molecule has 0 saturated carbocycles. The van der Waals surface area contributed by atoms with Crippen molar-refractivity contribution in [1.29, 1.82) is 0 Å². The number of ether oxygens (including phenoxy) is 2. The number of hydrogen-bond donors (Lipinski definition) is 1. The highest BCUT2D eigenvalue weighted by Crippen LogP contribution is 2.31. The molecule has 1 aromatic carbocycles. The summed E-state index contributed by atoms with van der Waals surface area (Å²) in [4.78, 5) is 0. The van der Waals surface area contributed by atoms with Gasteiger partial charge < -0.3 is 14.6 Å². The molecule has 1 N–H and O–H groups in total. The van der Waals surface area contributed by atoms with E-state index in [1.807, 2.05) is 18.2 Å². The average molecular weight is 194 g/mol. The molecule has 0 aliphatic rings. The van der Waals surface area contributed by atoms with E-state index < -0.39 is 0 Å². The summed E-state index contributed by atoms with van der Waals surface area (Å²) >= 11 is 0. The molecule has 0 spiro atoms. The predicted octanol–water partition coefficient (Wildman–Crippen LogP) is 1.71. The van der Waals surface area contributed by atoms with Gasteiger partial charge in [0.1, 0.15) is 0 Å². The van der Waals surface area contributed by atoms with Gasteiger partial charge in [0, 0.05) is 5.56 Å². The Hall–Kier alpha value is -1.48. The van der Waals surface area contributed by atoms with E-state index in [2.05, 4.69) is 0 Å². The Kier molecular flexibility index (Phi) is 4.01. The van der Waals surface area contributed by atoms with Crippen LogP contribution < -0.4 is 9.47 Å². The molecule has 0 amide bonds. The van der Waals surface area contributed by atoms with Crippen molar-refractivity contribution in [2.45, 2.75) is 0 Å². The third-order valence-electron chi connectivity index (χ3n) is 1.84. The van der Waals surface area contributed by atoms with Crippen LogP contribution in [0.3, 0.4) is 0 Å². The molecule has 0 atom stereocenters. The average Bonchev–Trinajstić information content (AvgIpc) is 2.25. The standard InChI is InChI=1S/C11H14O3/c1-13-10-7-3-5-9(6-4-8-12)11(10)14-2/h3-7,12H,8H2,1-2H3/b6-4+. The van der Waals surface area contributed by atoms with Gasteiger partial charge in [-0.25, -0.2) is 0 Å². The summed E-state index contributed by atoms with van der Waals surface area (Å²) in [5.74, 6) is 1.37. The van der Waals surface area contributed by atoms with Crippen molar-refractivity contribution in [3.8, 4) is 11.5 Å². The summed E-state index contributed by atoms with van der Waals surface area (Å²) < 4.78 is 10.3. The Morgan fingerprint density at radius 2 is 2.07 bits per heavy atom. The summed E-state index contributed by atoms with van der Waals surface area (Å²) in [6.07, 6.45) is 3.44. The van der Waals surface area contributed by atoms with Crippen LogP contribution in [0.5, 0.6) is 11.5 Å². The summed E-state index contributed by atoms with van der Waals surface area (Å²) in [5, 5.41) is 8.66. The highest BCUT2D eigenvalue weighted by molar-refractivity contribution is 5.62. The maximum absolute atomic E-state index is 8.66. The van der Waals surface area contributed by atoms with Crippen molar-refractivity contribution in [3.05, 3.63) is 29.8 Å². The molecule has 0 unspecified atom stereocenters. The fourth-order valence-electron chi connectivity index (χ4n) is 1.22. The number of hydrogen-bond acceptors (Lipinski definition) is 3. The molecule has 0 saturated heterocycles. The topological polar surface area (TPSA) is 38.7 Å². The molecule has 0 aromatic heterocycles. The SMILES string of the molecule is COc1cccc(/C=C/CO)c1OC. The minimum absolute atomic E-state index is 0.0143. The highest BCUT2D eigenvalue weighted by Gasteiger charge is 2.05. The Balaban J connectivity index is 3.08. The van der Waals surface area contributed by atoms with Gasteiger partial charge in [-0.3, -0.25) is 0 Å². The van der Waals surface area contributed by atoms with Gasteiger partial charge in [0.15, 0.2) is 11.5 Å². The molecule has 0 heterocycles. The minimum atomic E-state index is 0.0143. The Labute approximate surface area is 83.6 Å². The van der Waals surface area contributed by atoms with Gasteiger partial charge in [0.2, 0.25) is 0 Å². The molecule has 0 aliphatic carbocycles. The number of benzene rings is 1. The van der Waals surface area contributed by atoms with Gasteiger partial charge in [0.05, 0.1) is 20.8 Å². The molecule has 0 fully saturated rings. The zero-order valence-corrected chi connectivity index (χ0v) is 8.36. The van der Waals surface area contributed by atoms with E-state index in [1.54, 1.807) is 26.4 Å². The van der Waals surface area contributed by atoms with Crippen LogP contribution in [0.15, 0.2) is 24.3 Å². The van der Waals surface area contributed by atoms with Crippen LogP contribution in [0.4, 0.5) is 0 Å². The van der Waals surface area contributed by atoms with Crippen LogP contribution in [-0.4, -0.2) is 25.9 Å². The monoisotopic (exact) mass is 194 g/mol. The molecule has 0 radical (unpaired) electrons. The second-order valence-electron chi connectivity index (χ2n) is 2.67. The lowest BCUT2D eigenvalue weighted by Crippen LogP contribution is -1.92. The summed E-state index contributed by atoms with van der Waals surface area (Å²) in [6.45, 7) is 0.0143. The summed E-state index contributed by atoms with van der Waals surface area (Å²) in [7, 11) is 3.19. The first kappa shape index (κ1) is 10.6. The van der Waals surface area contributed by atoms with Crippen LogP contribution >= 0.6 is 0 Å². The number of rotatable bonds is 4. The van der Waals surface area contributed by atoms with E-state index in [1.165, 1.54) is 0 Å². The van der Waals surface area contributed by atoms with Gasteiger partial charge >= 0.3 is 0 Å². The van der Waals surface area contributed by atoms with Crippen LogP contribution in [0, 0.1) is 0 Å². The maximum Gasteiger partial charge on any atom is 0.167 e. The lowest BCUT2D eigenvalue weighted by Gasteiger charge is -2.09. The smallest absolute Gasteiger partial charge is 0.167 e. The zero-order chi connectivity index (χ0) is 10.4. The van der Waals surface area contributed by atoms with Crippen LogP contribution in [0.25, 0.3) is 6.08 Å². The van der Waals surface area contributed by atoms with E-state index in [4.69, 9.17) is 14.6 Å². The molecular formula is C11H14O3. The van der Waals surface area contributed by atoms with Crippen molar-refractivity contribution in [1.82, 2.24) is 0 Å². The molecule has 3 heteroatoms. The second-order valence-corrected chi connectivity index (χ2v) is 2.67. The molecule has 76 valence electrons. The highest BCUT2D eigenvalue weighted by atomic mass is 16.5. The molecule has 0 aliphatic heterocycles. The van der Waals surface area contributed by atoms with Crippen molar-refractivity contribution in [3.63, 3.8) is 0 Å². The van der Waals surface area contributed by atoms with Crippen molar-refractivity contribution in [2.24, 2.45) is 0 Å². The second kappa shape index (κ2) is 5.29. The molecule has 1 rings (SSSR count). The van der Waals surface area contributed by atoms with Crippen molar-refractivity contribution < 1.29 is 14.6 Å². The van der Waals surface area contributed by atoms with Crippen molar-refractivity contribution in [2.75, 3.05) is 20.8 Å². The van der Waals surface area contributed by atoms with Crippen LogP contribution in [0.1, 0.15) is 5.56 Å². The molecule has 1 aromatic rings. The third kappa shape index (κ3) is 2.26. The minimum Gasteiger partial charge on any atom is -0.493 e. The van der Waals surface area contributed by atoms with E-state index in [0.717, 1.165) is 5.56 Å². The first-order chi connectivity index (χ1) is 6.83. The van der Waals surface area contributed by atoms with Crippen molar-refractivity contribution >= 4 is 6.08 Å². The van der Waals surface area contributed by atoms with E-state index in [9.17, 15) is 0 Å². The Morgan fingerprint density at radius 1 is 1.29 bits per heavy atom. The quantitative estimate of drug-likeness (QED) is 0.793. The Morgan fingerprint density at radius 3 is 2.64 bits per heavy atom. The molecular weight excluding hydrogens is 180 g/mol. The van der Waals surface area contributed by atoms with Crippen LogP contribution in [-0.2, 0) is 0 Å². The normalized spacial score (nSPS) is 10.5. The van der Waals surface area contributed by atoms with E-state index >= 15 is 0 Å². The maximum atomic E-state index is 8.66. The third-order valence-corrected chi connectivity index (χ3v) is 1.84. The Bertz CT molecular complexity index is 318. The molecule has 0 bridgehead atoms. The predicted molar refractivity (Wildman–Crippen MR) is 55.7 cm³/mol. The summed E-state index contributed by atoms with van der Waals surface area (Å²) in [6, 6.07) is 5.60. The lowest BCUT2D eigenvalue weighted by atomic mass is 10.1. The zero-order valence-electron chi connectivity index (χ0n) is 8.36. The lowest BCUT2D eigenvalue weighted by molar-refractivity contribution is 0.343. The summed E-state index contributed by atoms with van der Waals surface area (Å²) in [5.41, 5.74) is 0.890. The fraction of sp³-hybridized carbons (Fsp3) is 0.273. The van der Waals surface area contributed by atoms with Gasteiger partial charge in [0.25, 0.3) is 0 Å². The van der Waals surface area contributed by atoms with Crippen LogP contribution in [0.2, 0.25) is 0 Å². The fourth-order valence-corrected chi connectivity index (χ4v) is 1.22. The number of para-hydroxylation sites is 1. The molecule has 3 nitrogen and oxygen atoms in total. The number of aliphatic hydroxyl groups excluding tert-OH is 1. The van der Waals surface area contributed by atoms with Gasteiger partial charge in [-0.2, -0.15) is 0 Å². The van der Waals surface area contributed by atoms with Gasteiger partial charge in [-0.05, 0) is 6.07 Å². The largest absolute Gasteiger partial charge is 0.493 e.